The Hall–Kier alpha value is -3.38. The van der Waals surface area contributed by atoms with E-state index in [0.29, 0.717) is 11.7 Å². The van der Waals surface area contributed by atoms with Gasteiger partial charge in [-0.05, 0) is 67.2 Å². The summed E-state index contributed by atoms with van der Waals surface area (Å²) >= 11 is 0. The molecule has 1 aliphatic rings. The maximum absolute atomic E-state index is 11.8. The number of benzene rings is 2. The minimum absolute atomic E-state index is 0.110. The average Bonchev–Trinajstić information content (AvgIpc) is 3.52. The lowest BCUT2D eigenvalue weighted by Gasteiger charge is -2.13. The summed E-state index contributed by atoms with van der Waals surface area (Å²) in [6.07, 6.45) is 3.15. The number of nitrogens with two attached hydrogens (primary N) is 1. The van der Waals surface area contributed by atoms with Crippen LogP contribution in [0.2, 0.25) is 0 Å². The summed E-state index contributed by atoms with van der Waals surface area (Å²) in [5.41, 5.74) is 6.81. The molecule has 0 aliphatic heterocycles. The van der Waals surface area contributed by atoms with Gasteiger partial charge in [-0.3, -0.25) is 4.79 Å². The predicted molar refractivity (Wildman–Crippen MR) is 120 cm³/mol. The van der Waals surface area contributed by atoms with Gasteiger partial charge in [0.25, 0.3) is 0 Å². The molecule has 2 aromatic heterocycles. The van der Waals surface area contributed by atoms with E-state index in [9.17, 15) is 4.79 Å². The molecule has 4 N–H and O–H groups in total. The fraction of sp³-hybridized carbons (Fsp3) is 0.250. The van der Waals surface area contributed by atoms with Gasteiger partial charge in [0.05, 0.1) is 11.0 Å². The second-order valence-electron chi connectivity index (χ2n) is 7.91. The SMILES string of the molecule is CCC(=C(C)ON)c1cc(-c2cccc3[nH]c(=O)ccc23)c2nc(C3CC3)[nH]c2c1. The summed E-state index contributed by atoms with van der Waals surface area (Å²) in [6, 6.07) is 13.7. The highest BCUT2D eigenvalue weighted by Crippen LogP contribution is 2.42. The molecule has 4 aromatic rings. The number of fused-ring (bicyclic) bond motifs is 2. The highest BCUT2D eigenvalue weighted by Gasteiger charge is 2.27. The van der Waals surface area contributed by atoms with Crippen molar-refractivity contribution >= 4 is 27.5 Å². The fourth-order valence-corrected chi connectivity index (χ4v) is 4.22. The summed E-state index contributed by atoms with van der Waals surface area (Å²) < 4.78 is 0. The van der Waals surface area contributed by atoms with E-state index in [4.69, 9.17) is 15.7 Å². The van der Waals surface area contributed by atoms with E-state index in [1.54, 1.807) is 6.07 Å². The van der Waals surface area contributed by atoms with Crippen molar-refractivity contribution in [2.45, 2.75) is 39.0 Å². The number of hydrogen-bond acceptors (Lipinski definition) is 4. The normalized spacial score (nSPS) is 14.9. The number of allylic oxidation sites excluding steroid dienone is 2. The zero-order valence-electron chi connectivity index (χ0n) is 17.1. The van der Waals surface area contributed by atoms with Gasteiger partial charge >= 0.3 is 0 Å². The van der Waals surface area contributed by atoms with Crippen LogP contribution in [0, 0.1) is 0 Å². The molecule has 0 bridgehead atoms. The number of imidazole rings is 1. The minimum Gasteiger partial charge on any atom is -0.416 e. The van der Waals surface area contributed by atoms with Crippen LogP contribution in [-0.4, -0.2) is 15.0 Å². The van der Waals surface area contributed by atoms with Gasteiger partial charge in [-0.1, -0.05) is 19.1 Å². The summed E-state index contributed by atoms with van der Waals surface area (Å²) in [5.74, 6) is 7.75. The number of nitrogens with zero attached hydrogens (tertiary/aromatic N) is 1. The van der Waals surface area contributed by atoms with E-state index in [1.165, 1.54) is 12.8 Å². The standard InChI is InChI=1S/C24H24N4O2/c1-3-16(13(2)30-25)15-11-19(23-21(12-15)27-24(28-23)14-7-8-14)17-5-4-6-20-18(17)9-10-22(29)26-20/h4-6,9-12,14H,3,7-8,25H2,1-2H3,(H,26,29)(H,27,28). The zero-order valence-corrected chi connectivity index (χ0v) is 17.1. The van der Waals surface area contributed by atoms with Gasteiger partial charge in [-0.25, -0.2) is 4.98 Å². The molecule has 2 aromatic carbocycles. The van der Waals surface area contributed by atoms with Gasteiger partial charge in [-0.2, -0.15) is 5.90 Å². The molecular formula is C24H24N4O2. The van der Waals surface area contributed by atoms with Crippen LogP contribution in [0.25, 0.3) is 38.6 Å². The molecule has 0 unspecified atom stereocenters. The molecule has 0 spiro atoms. The Morgan fingerprint density at radius 2 is 1.97 bits per heavy atom. The molecule has 2 heterocycles. The molecule has 1 fully saturated rings. The smallest absolute Gasteiger partial charge is 0.248 e. The largest absolute Gasteiger partial charge is 0.416 e. The van der Waals surface area contributed by atoms with Gasteiger partial charge in [0.15, 0.2) is 0 Å². The number of H-pyrrole nitrogens is 2. The van der Waals surface area contributed by atoms with Crippen LogP contribution in [-0.2, 0) is 4.84 Å². The Morgan fingerprint density at radius 1 is 1.13 bits per heavy atom. The lowest BCUT2D eigenvalue weighted by molar-refractivity contribution is 0.224. The molecule has 30 heavy (non-hydrogen) atoms. The Balaban J connectivity index is 1.83. The van der Waals surface area contributed by atoms with Gasteiger partial charge < -0.3 is 14.8 Å². The quantitative estimate of drug-likeness (QED) is 0.325. The maximum Gasteiger partial charge on any atom is 0.248 e. The number of nitrogens with one attached hydrogen (secondary N) is 2. The van der Waals surface area contributed by atoms with Gasteiger partial charge in [0.1, 0.15) is 11.6 Å². The van der Waals surface area contributed by atoms with Crippen molar-refractivity contribution in [3.63, 3.8) is 0 Å². The van der Waals surface area contributed by atoms with E-state index >= 15 is 0 Å². The molecule has 0 amide bonds. The van der Waals surface area contributed by atoms with Gasteiger partial charge in [-0.15, -0.1) is 0 Å². The van der Waals surface area contributed by atoms with E-state index < -0.39 is 0 Å². The first-order valence-corrected chi connectivity index (χ1v) is 10.3. The van der Waals surface area contributed by atoms with Crippen LogP contribution in [0.4, 0.5) is 0 Å². The topological polar surface area (TPSA) is 96.8 Å². The van der Waals surface area contributed by atoms with Crippen molar-refractivity contribution in [1.82, 2.24) is 15.0 Å². The molecule has 152 valence electrons. The van der Waals surface area contributed by atoms with Crippen LogP contribution in [0.5, 0.6) is 0 Å². The third kappa shape index (κ3) is 3.09. The number of aromatic amines is 2. The third-order valence-electron chi connectivity index (χ3n) is 5.93. The summed E-state index contributed by atoms with van der Waals surface area (Å²) in [4.78, 5) is 28.3. The molecule has 0 saturated heterocycles. The van der Waals surface area contributed by atoms with Crippen molar-refractivity contribution in [3.05, 3.63) is 70.0 Å². The Kier molecular flexibility index (Phi) is 4.44. The monoisotopic (exact) mass is 400 g/mol. The Labute approximate surface area is 173 Å². The fourth-order valence-electron chi connectivity index (χ4n) is 4.22. The summed E-state index contributed by atoms with van der Waals surface area (Å²) in [7, 11) is 0. The molecule has 1 aliphatic carbocycles. The molecule has 6 heteroatoms. The molecule has 1 saturated carbocycles. The lowest BCUT2D eigenvalue weighted by atomic mass is 9.94. The zero-order chi connectivity index (χ0) is 20.8. The highest BCUT2D eigenvalue weighted by atomic mass is 16.6. The van der Waals surface area contributed by atoms with E-state index in [0.717, 1.165) is 56.4 Å². The van der Waals surface area contributed by atoms with Crippen LogP contribution in [0.15, 0.2) is 53.0 Å². The first-order chi connectivity index (χ1) is 14.6. The molecule has 0 radical (unpaired) electrons. The van der Waals surface area contributed by atoms with E-state index in [1.807, 2.05) is 25.1 Å². The first-order valence-electron chi connectivity index (χ1n) is 10.3. The predicted octanol–water partition coefficient (Wildman–Crippen LogP) is 4.98. The maximum atomic E-state index is 11.8. The highest BCUT2D eigenvalue weighted by molar-refractivity contribution is 6.03. The third-order valence-corrected chi connectivity index (χ3v) is 5.93. The summed E-state index contributed by atoms with van der Waals surface area (Å²) in [5, 5.41) is 0.986. The van der Waals surface area contributed by atoms with Gasteiger partial charge in [0.2, 0.25) is 5.56 Å². The lowest BCUT2D eigenvalue weighted by Crippen LogP contribution is -2.02. The van der Waals surface area contributed by atoms with Gasteiger partial charge in [0, 0.05) is 28.5 Å². The number of hydrogen-bond donors (Lipinski definition) is 3. The molecular weight excluding hydrogens is 376 g/mol. The number of rotatable bonds is 5. The van der Waals surface area contributed by atoms with Crippen molar-refractivity contribution in [2.24, 2.45) is 5.90 Å². The van der Waals surface area contributed by atoms with Crippen LogP contribution >= 0.6 is 0 Å². The van der Waals surface area contributed by atoms with Crippen molar-refractivity contribution < 1.29 is 4.84 Å². The van der Waals surface area contributed by atoms with Crippen LogP contribution in [0.3, 0.4) is 0 Å². The number of pyridine rings is 1. The minimum atomic E-state index is -0.110. The summed E-state index contributed by atoms with van der Waals surface area (Å²) in [6.45, 7) is 3.97. The molecule has 0 atom stereocenters. The number of aromatic nitrogens is 3. The Bertz CT molecular complexity index is 1360. The van der Waals surface area contributed by atoms with Crippen molar-refractivity contribution in [1.29, 1.82) is 0 Å². The molecule has 5 rings (SSSR count). The molecule has 6 nitrogen and oxygen atoms in total. The van der Waals surface area contributed by atoms with E-state index in [2.05, 4.69) is 35.1 Å². The second-order valence-corrected chi connectivity index (χ2v) is 7.91. The van der Waals surface area contributed by atoms with E-state index in [-0.39, 0.29) is 5.56 Å². The Morgan fingerprint density at radius 3 is 2.70 bits per heavy atom. The first kappa shape index (κ1) is 18.6. The van der Waals surface area contributed by atoms with Crippen molar-refractivity contribution in [3.8, 4) is 11.1 Å². The average molecular weight is 400 g/mol. The van der Waals surface area contributed by atoms with Crippen molar-refractivity contribution in [2.75, 3.05) is 0 Å². The second kappa shape index (κ2) is 7.15. The van der Waals surface area contributed by atoms with Crippen LogP contribution < -0.4 is 11.5 Å². The van der Waals surface area contributed by atoms with Crippen LogP contribution in [0.1, 0.15) is 50.4 Å².